The highest BCUT2D eigenvalue weighted by Crippen LogP contribution is 2.17. The molecule has 0 bridgehead atoms. The Morgan fingerprint density at radius 3 is 3.00 bits per heavy atom. The molecule has 0 aromatic rings. The van der Waals surface area contributed by atoms with Crippen LogP contribution in [0.15, 0.2) is 0 Å². The quantitative estimate of drug-likeness (QED) is 0.735. The third-order valence-electron chi connectivity index (χ3n) is 2.43. The summed E-state index contributed by atoms with van der Waals surface area (Å²) in [4.78, 5) is 13.4. The van der Waals surface area contributed by atoms with Crippen molar-refractivity contribution in [3.63, 3.8) is 0 Å². The van der Waals surface area contributed by atoms with Gasteiger partial charge in [-0.3, -0.25) is 4.79 Å². The number of thioether (sulfide) groups is 1. The molecule has 0 radical (unpaired) electrons. The zero-order valence-corrected chi connectivity index (χ0v) is 8.85. The van der Waals surface area contributed by atoms with Gasteiger partial charge in [0.05, 0.1) is 18.4 Å². The number of hydrogen-bond donors (Lipinski definition) is 1. The van der Waals surface area contributed by atoms with Crippen molar-refractivity contribution in [3.8, 4) is 0 Å². The largest absolute Gasteiger partial charge is 0.394 e. The first-order valence-electron chi connectivity index (χ1n) is 4.69. The monoisotopic (exact) mass is 203 g/mol. The minimum atomic E-state index is 0.0772. The number of rotatable bonds is 3. The van der Waals surface area contributed by atoms with E-state index in [0.29, 0.717) is 5.75 Å². The molecule has 1 aliphatic heterocycles. The molecule has 3 nitrogen and oxygen atoms in total. The Bertz CT molecular complexity index is 175. The van der Waals surface area contributed by atoms with Gasteiger partial charge in [0.2, 0.25) is 5.91 Å². The summed E-state index contributed by atoms with van der Waals surface area (Å²) in [6.45, 7) is 0.935. The topological polar surface area (TPSA) is 40.5 Å². The van der Waals surface area contributed by atoms with Crippen molar-refractivity contribution < 1.29 is 9.90 Å². The van der Waals surface area contributed by atoms with Crippen LogP contribution < -0.4 is 0 Å². The van der Waals surface area contributed by atoms with E-state index in [0.717, 1.165) is 25.8 Å². The number of aliphatic hydroxyl groups excluding tert-OH is 1. The number of likely N-dealkylation sites (tertiary alicyclic amines) is 1. The van der Waals surface area contributed by atoms with Gasteiger partial charge in [-0.05, 0) is 25.5 Å². The second-order valence-electron chi connectivity index (χ2n) is 3.35. The van der Waals surface area contributed by atoms with Gasteiger partial charge in [0.15, 0.2) is 0 Å². The molecule has 13 heavy (non-hydrogen) atoms. The molecule has 1 aliphatic rings. The molecule has 1 rings (SSSR count). The first-order chi connectivity index (χ1) is 6.29. The van der Waals surface area contributed by atoms with Crippen LogP contribution in [0.1, 0.15) is 19.3 Å². The highest BCUT2D eigenvalue weighted by Gasteiger charge is 2.25. The van der Waals surface area contributed by atoms with Crippen LogP contribution in [0.4, 0.5) is 0 Å². The molecule has 0 saturated carbocycles. The van der Waals surface area contributed by atoms with Crippen molar-refractivity contribution in [3.05, 3.63) is 0 Å². The fraction of sp³-hybridized carbons (Fsp3) is 0.889. The van der Waals surface area contributed by atoms with Gasteiger partial charge in [-0.2, -0.15) is 11.8 Å². The van der Waals surface area contributed by atoms with Crippen LogP contribution >= 0.6 is 11.8 Å². The van der Waals surface area contributed by atoms with E-state index in [2.05, 4.69) is 0 Å². The molecular weight excluding hydrogens is 186 g/mol. The summed E-state index contributed by atoms with van der Waals surface area (Å²) in [5, 5.41) is 9.08. The van der Waals surface area contributed by atoms with Gasteiger partial charge in [0, 0.05) is 6.54 Å². The lowest BCUT2D eigenvalue weighted by atomic mass is 10.0. The van der Waals surface area contributed by atoms with Crippen LogP contribution in [0.2, 0.25) is 0 Å². The van der Waals surface area contributed by atoms with Gasteiger partial charge in [-0.1, -0.05) is 0 Å². The first-order valence-corrected chi connectivity index (χ1v) is 6.08. The molecule has 0 aromatic heterocycles. The fourth-order valence-electron chi connectivity index (χ4n) is 1.73. The molecule has 0 spiro atoms. The number of hydrogen-bond acceptors (Lipinski definition) is 3. The van der Waals surface area contributed by atoms with Crippen molar-refractivity contribution in [2.45, 2.75) is 25.3 Å². The number of amides is 1. The van der Waals surface area contributed by atoms with Crippen LogP contribution in [-0.4, -0.2) is 47.1 Å². The first kappa shape index (κ1) is 10.9. The molecule has 1 saturated heterocycles. The van der Waals surface area contributed by atoms with E-state index in [-0.39, 0.29) is 18.6 Å². The van der Waals surface area contributed by atoms with Gasteiger partial charge in [0.1, 0.15) is 0 Å². The second kappa shape index (κ2) is 5.50. The molecule has 76 valence electrons. The number of aliphatic hydroxyl groups is 1. The fourth-order valence-corrected chi connectivity index (χ4v) is 2.14. The summed E-state index contributed by atoms with van der Waals surface area (Å²) in [5.41, 5.74) is 0. The Morgan fingerprint density at radius 1 is 1.62 bits per heavy atom. The third-order valence-corrected chi connectivity index (χ3v) is 2.96. The summed E-state index contributed by atoms with van der Waals surface area (Å²) in [7, 11) is 0. The lowest BCUT2D eigenvalue weighted by Crippen LogP contribution is -2.46. The zero-order chi connectivity index (χ0) is 9.68. The van der Waals surface area contributed by atoms with Gasteiger partial charge >= 0.3 is 0 Å². The molecule has 1 atom stereocenters. The SMILES string of the molecule is CSCC(=O)N1CCCCC1CO. The van der Waals surface area contributed by atoms with Gasteiger partial charge < -0.3 is 10.0 Å². The van der Waals surface area contributed by atoms with Gasteiger partial charge in [-0.15, -0.1) is 0 Å². The molecule has 1 amide bonds. The highest BCUT2D eigenvalue weighted by molar-refractivity contribution is 7.99. The minimum absolute atomic E-state index is 0.0772. The molecule has 1 fully saturated rings. The molecule has 4 heteroatoms. The van der Waals surface area contributed by atoms with E-state index in [1.54, 1.807) is 11.8 Å². The van der Waals surface area contributed by atoms with Crippen molar-refractivity contribution >= 4 is 17.7 Å². The van der Waals surface area contributed by atoms with E-state index in [1.807, 2.05) is 11.2 Å². The van der Waals surface area contributed by atoms with Crippen LogP contribution in [0.5, 0.6) is 0 Å². The Hall–Kier alpha value is -0.220. The van der Waals surface area contributed by atoms with Gasteiger partial charge in [0.25, 0.3) is 0 Å². The van der Waals surface area contributed by atoms with E-state index in [9.17, 15) is 4.79 Å². The summed E-state index contributed by atoms with van der Waals surface area (Å²) in [6.07, 6.45) is 5.09. The maximum atomic E-state index is 11.6. The minimum Gasteiger partial charge on any atom is -0.394 e. The number of piperidine rings is 1. The summed E-state index contributed by atoms with van der Waals surface area (Å²) in [6, 6.07) is 0.0772. The molecule has 0 aromatic carbocycles. The lowest BCUT2D eigenvalue weighted by Gasteiger charge is -2.34. The maximum Gasteiger partial charge on any atom is 0.232 e. The Balaban J connectivity index is 2.48. The molecular formula is C9H17NO2S. The van der Waals surface area contributed by atoms with Crippen molar-refractivity contribution in [1.82, 2.24) is 4.90 Å². The lowest BCUT2D eigenvalue weighted by molar-refractivity contribution is -0.132. The summed E-state index contributed by atoms with van der Waals surface area (Å²) >= 11 is 1.54. The maximum absolute atomic E-state index is 11.6. The average Bonchev–Trinajstić information content (AvgIpc) is 2.18. The highest BCUT2D eigenvalue weighted by atomic mass is 32.2. The van der Waals surface area contributed by atoms with Crippen LogP contribution in [0.3, 0.4) is 0 Å². The number of nitrogens with zero attached hydrogens (tertiary/aromatic N) is 1. The standard InChI is InChI=1S/C9H17NO2S/c1-13-7-9(12)10-5-3-2-4-8(10)6-11/h8,11H,2-7H2,1H3. The Labute approximate surface area is 83.5 Å². The Morgan fingerprint density at radius 2 is 2.38 bits per heavy atom. The molecule has 0 aliphatic carbocycles. The van der Waals surface area contributed by atoms with Crippen LogP contribution in [0, 0.1) is 0 Å². The molecule has 1 heterocycles. The van der Waals surface area contributed by atoms with E-state index < -0.39 is 0 Å². The second-order valence-corrected chi connectivity index (χ2v) is 4.22. The Kier molecular flexibility index (Phi) is 4.59. The van der Waals surface area contributed by atoms with Crippen molar-refractivity contribution in [2.75, 3.05) is 25.2 Å². The molecule has 1 unspecified atom stereocenters. The number of carbonyl (C=O) groups is 1. The predicted octanol–water partition coefficient (Wildman–Crippen LogP) is 0.723. The summed E-state index contributed by atoms with van der Waals surface area (Å²) in [5.74, 6) is 0.711. The van der Waals surface area contributed by atoms with Crippen molar-refractivity contribution in [2.24, 2.45) is 0 Å². The summed E-state index contributed by atoms with van der Waals surface area (Å²) < 4.78 is 0. The zero-order valence-electron chi connectivity index (χ0n) is 8.03. The third kappa shape index (κ3) is 2.88. The van der Waals surface area contributed by atoms with Crippen molar-refractivity contribution in [1.29, 1.82) is 0 Å². The predicted molar refractivity (Wildman–Crippen MR) is 54.8 cm³/mol. The van der Waals surface area contributed by atoms with E-state index in [4.69, 9.17) is 5.11 Å². The average molecular weight is 203 g/mol. The molecule has 1 N–H and O–H groups in total. The van der Waals surface area contributed by atoms with Crippen LogP contribution in [0.25, 0.3) is 0 Å². The van der Waals surface area contributed by atoms with Gasteiger partial charge in [-0.25, -0.2) is 0 Å². The smallest absolute Gasteiger partial charge is 0.232 e. The van der Waals surface area contributed by atoms with E-state index in [1.165, 1.54) is 0 Å². The normalized spacial score (nSPS) is 23.2. The van der Waals surface area contributed by atoms with E-state index >= 15 is 0 Å². The number of carbonyl (C=O) groups excluding carboxylic acids is 1. The van der Waals surface area contributed by atoms with Crippen LogP contribution in [-0.2, 0) is 4.79 Å².